The van der Waals surface area contributed by atoms with E-state index >= 15 is 0 Å². The first-order chi connectivity index (χ1) is 7.82. The highest BCUT2D eigenvalue weighted by atomic mass is 16.5. The summed E-state index contributed by atoms with van der Waals surface area (Å²) in [6, 6.07) is 0. The van der Waals surface area contributed by atoms with Crippen LogP contribution in [0.3, 0.4) is 0 Å². The zero-order valence-corrected chi connectivity index (χ0v) is 8.92. The van der Waals surface area contributed by atoms with Crippen LogP contribution in [0.5, 0.6) is 0 Å². The Bertz CT molecular complexity index is 313. The van der Waals surface area contributed by atoms with Crippen molar-refractivity contribution in [2.24, 2.45) is 11.5 Å². The summed E-state index contributed by atoms with van der Waals surface area (Å²) in [6.07, 6.45) is 0. The molecule has 17 heavy (non-hydrogen) atoms. The standard InChI is InChI=1S/C8H13N3O6/c9-5(12)1-11(2-6(10)13)7(14)3-17-4-8(15)16/h1-4H2,(H2,9,12)(H2,10,13)(H,15,16). The molecule has 0 heterocycles. The maximum atomic E-state index is 11.4. The SMILES string of the molecule is NC(=O)CN(CC(N)=O)C(=O)COCC(=O)O. The molecule has 0 saturated carbocycles. The average Bonchev–Trinajstić information content (AvgIpc) is 2.14. The van der Waals surface area contributed by atoms with Crippen molar-refractivity contribution in [2.75, 3.05) is 26.3 Å². The average molecular weight is 247 g/mol. The van der Waals surface area contributed by atoms with Gasteiger partial charge in [0.1, 0.15) is 13.2 Å². The van der Waals surface area contributed by atoms with Crippen LogP contribution >= 0.6 is 0 Å². The summed E-state index contributed by atoms with van der Waals surface area (Å²) in [5.41, 5.74) is 9.73. The molecule has 0 atom stereocenters. The van der Waals surface area contributed by atoms with Crippen LogP contribution in [0.1, 0.15) is 0 Å². The smallest absolute Gasteiger partial charge is 0.329 e. The molecule has 9 nitrogen and oxygen atoms in total. The summed E-state index contributed by atoms with van der Waals surface area (Å²) in [5, 5.41) is 8.26. The number of hydrogen-bond acceptors (Lipinski definition) is 5. The molecular formula is C8H13N3O6. The van der Waals surface area contributed by atoms with Crippen molar-refractivity contribution < 1.29 is 29.0 Å². The van der Waals surface area contributed by atoms with Crippen LogP contribution in [0.25, 0.3) is 0 Å². The molecule has 0 aromatic carbocycles. The van der Waals surface area contributed by atoms with Gasteiger partial charge in [0.05, 0.1) is 13.1 Å². The summed E-state index contributed by atoms with van der Waals surface area (Å²) in [4.78, 5) is 43.5. The normalized spacial score (nSPS) is 9.65. The van der Waals surface area contributed by atoms with Gasteiger partial charge in [-0.25, -0.2) is 4.79 Å². The van der Waals surface area contributed by atoms with Crippen molar-refractivity contribution in [1.82, 2.24) is 4.90 Å². The quantitative estimate of drug-likeness (QED) is 0.412. The minimum Gasteiger partial charge on any atom is -0.480 e. The first kappa shape index (κ1) is 14.8. The summed E-state index contributed by atoms with van der Waals surface area (Å²) in [5.74, 6) is -3.63. The van der Waals surface area contributed by atoms with Crippen molar-refractivity contribution in [3.63, 3.8) is 0 Å². The molecule has 0 aliphatic rings. The molecular weight excluding hydrogens is 234 g/mol. The maximum Gasteiger partial charge on any atom is 0.329 e. The third kappa shape index (κ3) is 7.73. The lowest BCUT2D eigenvalue weighted by molar-refractivity contribution is -0.148. The number of aliphatic carboxylic acids is 1. The number of primary amides is 2. The van der Waals surface area contributed by atoms with E-state index in [1.807, 2.05) is 0 Å². The van der Waals surface area contributed by atoms with Crippen LogP contribution < -0.4 is 11.5 Å². The molecule has 5 N–H and O–H groups in total. The van der Waals surface area contributed by atoms with Gasteiger partial charge in [0, 0.05) is 0 Å². The predicted octanol–water partition coefficient (Wildman–Crippen LogP) is -3.11. The fourth-order valence-electron chi connectivity index (χ4n) is 0.925. The predicted molar refractivity (Wildman–Crippen MR) is 53.4 cm³/mol. The van der Waals surface area contributed by atoms with Crippen molar-refractivity contribution in [1.29, 1.82) is 0 Å². The maximum absolute atomic E-state index is 11.4. The van der Waals surface area contributed by atoms with Gasteiger partial charge in [0.2, 0.25) is 17.7 Å². The Morgan fingerprint density at radius 3 is 1.82 bits per heavy atom. The molecule has 3 amide bonds. The first-order valence-electron chi connectivity index (χ1n) is 4.47. The van der Waals surface area contributed by atoms with Crippen molar-refractivity contribution in [2.45, 2.75) is 0 Å². The van der Waals surface area contributed by atoms with Crippen LogP contribution in [0.15, 0.2) is 0 Å². The number of hydrogen-bond donors (Lipinski definition) is 3. The molecule has 0 fully saturated rings. The second-order valence-electron chi connectivity index (χ2n) is 3.07. The number of carboxylic acids is 1. The zero-order chi connectivity index (χ0) is 13.4. The van der Waals surface area contributed by atoms with E-state index in [2.05, 4.69) is 4.74 Å². The van der Waals surface area contributed by atoms with Gasteiger partial charge in [-0.1, -0.05) is 0 Å². The highest BCUT2D eigenvalue weighted by molar-refractivity contribution is 5.88. The van der Waals surface area contributed by atoms with E-state index in [-0.39, 0.29) is 0 Å². The zero-order valence-electron chi connectivity index (χ0n) is 8.92. The van der Waals surface area contributed by atoms with Crippen molar-refractivity contribution >= 4 is 23.7 Å². The summed E-state index contributed by atoms with van der Waals surface area (Å²) in [6.45, 7) is -2.21. The molecule has 0 spiro atoms. The lowest BCUT2D eigenvalue weighted by atomic mass is 10.4. The van der Waals surface area contributed by atoms with Crippen molar-refractivity contribution in [3.8, 4) is 0 Å². The van der Waals surface area contributed by atoms with Crippen molar-refractivity contribution in [3.05, 3.63) is 0 Å². The Hall–Kier alpha value is -2.16. The Kier molecular flexibility index (Phi) is 6.26. The summed E-state index contributed by atoms with van der Waals surface area (Å²) < 4.78 is 4.51. The van der Waals surface area contributed by atoms with Crippen LogP contribution in [0.4, 0.5) is 0 Å². The van der Waals surface area contributed by atoms with Gasteiger partial charge >= 0.3 is 5.97 Å². The minimum atomic E-state index is -1.24. The van der Waals surface area contributed by atoms with E-state index in [0.29, 0.717) is 0 Å². The topological polar surface area (TPSA) is 153 Å². The van der Waals surface area contributed by atoms with Gasteiger partial charge in [-0.2, -0.15) is 0 Å². The van der Waals surface area contributed by atoms with Crippen LogP contribution in [0, 0.1) is 0 Å². The summed E-state index contributed by atoms with van der Waals surface area (Å²) in [7, 11) is 0. The van der Waals surface area contributed by atoms with Gasteiger partial charge in [-0.15, -0.1) is 0 Å². The largest absolute Gasteiger partial charge is 0.480 e. The second kappa shape index (κ2) is 7.17. The monoisotopic (exact) mass is 247 g/mol. The number of ether oxygens (including phenoxy) is 1. The molecule has 0 saturated heterocycles. The Morgan fingerprint density at radius 1 is 1.00 bits per heavy atom. The van der Waals surface area contributed by atoms with Gasteiger partial charge in [0.15, 0.2) is 0 Å². The molecule has 0 aliphatic heterocycles. The van der Waals surface area contributed by atoms with E-state index in [0.717, 1.165) is 4.90 Å². The lowest BCUT2D eigenvalue weighted by Gasteiger charge is -2.18. The molecule has 0 radical (unpaired) electrons. The Balaban J connectivity index is 4.26. The molecule has 0 aromatic rings. The number of carboxylic acid groups (broad SMARTS) is 1. The first-order valence-corrected chi connectivity index (χ1v) is 4.47. The third-order valence-corrected chi connectivity index (χ3v) is 1.50. The minimum absolute atomic E-state index is 0.488. The van der Waals surface area contributed by atoms with Gasteiger partial charge < -0.3 is 26.2 Å². The number of carbonyl (C=O) groups is 4. The number of amides is 3. The number of nitrogens with zero attached hydrogens (tertiary/aromatic N) is 1. The van der Waals surface area contributed by atoms with E-state index in [1.165, 1.54) is 0 Å². The van der Waals surface area contributed by atoms with E-state index in [4.69, 9.17) is 16.6 Å². The van der Waals surface area contributed by atoms with Gasteiger partial charge in [-0.3, -0.25) is 14.4 Å². The Morgan fingerprint density at radius 2 is 1.47 bits per heavy atom. The Labute approximate surface area is 96.3 Å². The van der Waals surface area contributed by atoms with Gasteiger partial charge in [0.25, 0.3) is 0 Å². The highest BCUT2D eigenvalue weighted by Gasteiger charge is 2.18. The number of carbonyl (C=O) groups excluding carboxylic acids is 3. The number of rotatable bonds is 8. The second-order valence-corrected chi connectivity index (χ2v) is 3.07. The molecule has 9 heteroatoms. The lowest BCUT2D eigenvalue weighted by Crippen LogP contribution is -2.44. The third-order valence-electron chi connectivity index (χ3n) is 1.50. The molecule has 96 valence electrons. The molecule has 0 rings (SSSR count). The van der Waals surface area contributed by atoms with E-state index < -0.39 is 50.0 Å². The van der Waals surface area contributed by atoms with Crippen LogP contribution in [-0.2, 0) is 23.9 Å². The van der Waals surface area contributed by atoms with E-state index in [9.17, 15) is 19.2 Å². The highest BCUT2D eigenvalue weighted by Crippen LogP contribution is 1.91. The van der Waals surface area contributed by atoms with E-state index in [1.54, 1.807) is 0 Å². The molecule has 0 aromatic heterocycles. The van der Waals surface area contributed by atoms with Crippen LogP contribution in [0.2, 0.25) is 0 Å². The molecule has 0 aliphatic carbocycles. The van der Waals surface area contributed by atoms with Gasteiger partial charge in [-0.05, 0) is 0 Å². The number of nitrogens with two attached hydrogens (primary N) is 2. The fraction of sp³-hybridized carbons (Fsp3) is 0.500. The fourth-order valence-corrected chi connectivity index (χ4v) is 0.925. The van der Waals surface area contributed by atoms with Crippen LogP contribution in [-0.4, -0.2) is 60.0 Å². The molecule has 0 bridgehead atoms. The molecule has 0 unspecified atom stereocenters. The summed E-state index contributed by atoms with van der Waals surface area (Å²) >= 11 is 0.